The third kappa shape index (κ3) is 3.64. The molecule has 2 aromatic rings. The third-order valence-electron chi connectivity index (χ3n) is 7.33. The molecule has 0 radical (unpaired) electrons. The highest BCUT2D eigenvalue weighted by molar-refractivity contribution is 6.06. The number of allylic oxidation sites excluding steroid dienone is 3. The van der Waals surface area contributed by atoms with E-state index in [4.69, 9.17) is 18.9 Å². The molecule has 2 aromatic carbocycles. The molecule has 184 valence electrons. The van der Waals surface area contributed by atoms with E-state index in [1.165, 1.54) is 6.21 Å². The number of imide groups is 1. The van der Waals surface area contributed by atoms with E-state index in [0.29, 0.717) is 35.8 Å². The van der Waals surface area contributed by atoms with Gasteiger partial charge < -0.3 is 18.9 Å². The Labute approximate surface area is 208 Å². The molecule has 1 saturated carbocycles. The Kier molecular flexibility index (Phi) is 5.51. The number of fused-ring (bicyclic) bond motifs is 6. The molecule has 0 unspecified atom stereocenters. The zero-order valence-electron chi connectivity index (χ0n) is 19.9. The predicted molar refractivity (Wildman–Crippen MR) is 131 cm³/mol. The van der Waals surface area contributed by atoms with Crippen LogP contribution in [0.4, 0.5) is 0 Å². The summed E-state index contributed by atoms with van der Waals surface area (Å²) in [4.78, 5) is 25.9. The molecule has 4 aliphatic rings. The molecule has 0 N–H and O–H groups in total. The minimum Gasteiger partial charge on any atom is -0.493 e. The third-order valence-corrected chi connectivity index (χ3v) is 7.33. The molecule has 1 saturated heterocycles. The monoisotopic (exact) mass is 486 g/mol. The van der Waals surface area contributed by atoms with Crippen LogP contribution >= 0.6 is 0 Å². The summed E-state index contributed by atoms with van der Waals surface area (Å²) in [6.07, 6.45) is 8.87. The fourth-order valence-corrected chi connectivity index (χ4v) is 5.69. The van der Waals surface area contributed by atoms with Crippen molar-refractivity contribution in [2.45, 2.75) is 19.4 Å². The molecule has 2 aliphatic carbocycles. The highest BCUT2D eigenvalue weighted by atomic mass is 16.7. The minimum absolute atomic E-state index is 0.150. The van der Waals surface area contributed by atoms with Crippen LogP contribution in [0.2, 0.25) is 0 Å². The Balaban J connectivity index is 1.23. The van der Waals surface area contributed by atoms with E-state index in [0.717, 1.165) is 28.3 Å². The summed E-state index contributed by atoms with van der Waals surface area (Å²) in [6.45, 7) is 4.38. The lowest BCUT2D eigenvalue weighted by Crippen LogP contribution is -2.28. The first kappa shape index (κ1) is 22.4. The number of benzene rings is 2. The van der Waals surface area contributed by atoms with E-state index in [-0.39, 0.29) is 42.3 Å². The van der Waals surface area contributed by atoms with Gasteiger partial charge in [0.25, 0.3) is 11.8 Å². The molecule has 0 aromatic heterocycles. The van der Waals surface area contributed by atoms with Crippen molar-refractivity contribution >= 4 is 18.0 Å². The van der Waals surface area contributed by atoms with E-state index in [1.54, 1.807) is 19.3 Å². The lowest BCUT2D eigenvalue weighted by molar-refractivity contribution is -0.140. The van der Waals surface area contributed by atoms with Crippen LogP contribution in [0, 0.1) is 23.7 Å². The molecule has 36 heavy (non-hydrogen) atoms. The number of rotatable bonds is 8. The summed E-state index contributed by atoms with van der Waals surface area (Å²) in [5, 5.41) is 5.35. The summed E-state index contributed by atoms with van der Waals surface area (Å²) in [6, 6.07) is 9.36. The molecule has 2 bridgehead atoms. The minimum atomic E-state index is -0.275. The molecule has 2 heterocycles. The van der Waals surface area contributed by atoms with Crippen LogP contribution in [0.15, 0.2) is 60.2 Å². The van der Waals surface area contributed by atoms with Gasteiger partial charge in [0.2, 0.25) is 6.79 Å². The van der Waals surface area contributed by atoms with Crippen LogP contribution in [0.5, 0.6) is 23.0 Å². The number of methoxy groups -OCH3 is 1. The van der Waals surface area contributed by atoms with Crippen molar-refractivity contribution in [3.8, 4) is 23.0 Å². The van der Waals surface area contributed by atoms with E-state index in [9.17, 15) is 9.59 Å². The van der Waals surface area contributed by atoms with Crippen molar-refractivity contribution in [2.75, 3.05) is 13.9 Å². The zero-order chi connectivity index (χ0) is 24.8. The number of carbonyl (C=O) groups is 2. The summed E-state index contributed by atoms with van der Waals surface area (Å²) in [5.74, 6) is 1.86. The zero-order valence-corrected chi connectivity index (χ0v) is 19.9. The van der Waals surface area contributed by atoms with Gasteiger partial charge in [-0.2, -0.15) is 10.1 Å². The van der Waals surface area contributed by atoms with E-state index in [2.05, 4.69) is 23.8 Å². The lowest BCUT2D eigenvalue weighted by Gasteiger charge is -2.16. The Morgan fingerprint density at radius 2 is 1.83 bits per heavy atom. The number of amides is 2. The lowest BCUT2D eigenvalue weighted by atomic mass is 9.85. The second-order valence-corrected chi connectivity index (χ2v) is 9.41. The first-order chi connectivity index (χ1) is 17.6. The Morgan fingerprint density at radius 1 is 1.08 bits per heavy atom. The number of hydrogen-bond donors (Lipinski definition) is 0. The summed E-state index contributed by atoms with van der Waals surface area (Å²) in [5.41, 5.74) is 2.47. The number of ether oxygens (including phenoxy) is 4. The van der Waals surface area contributed by atoms with Gasteiger partial charge in [0.1, 0.15) is 6.61 Å². The van der Waals surface area contributed by atoms with Crippen LogP contribution in [0.1, 0.15) is 23.1 Å². The van der Waals surface area contributed by atoms with Gasteiger partial charge in [-0.25, -0.2) is 0 Å². The normalized spacial score (nSPS) is 25.2. The van der Waals surface area contributed by atoms with Gasteiger partial charge in [-0.15, -0.1) is 6.58 Å². The molecular formula is C28H26N2O6. The number of carbonyl (C=O) groups excluding carboxylic acids is 2. The summed E-state index contributed by atoms with van der Waals surface area (Å²) < 4.78 is 22.6. The number of hydrogen-bond acceptors (Lipinski definition) is 7. The fourth-order valence-electron chi connectivity index (χ4n) is 5.69. The molecule has 0 spiro atoms. The molecule has 4 atom stereocenters. The van der Waals surface area contributed by atoms with Crippen LogP contribution in [-0.4, -0.2) is 36.9 Å². The van der Waals surface area contributed by atoms with Crippen molar-refractivity contribution in [1.82, 2.24) is 5.01 Å². The van der Waals surface area contributed by atoms with Gasteiger partial charge in [-0.1, -0.05) is 24.3 Å². The molecule has 8 nitrogen and oxygen atoms in total. The maximum atomic E-state index is 12.9. The van der Waals surface area contributed by atoms with Gasteiger partial charge in [0, 0.05) is 5.56 Å². The second kappa shape index (κ2) is 8.86. The largest absolute Gasteiger partial charge is 0.493 e. The quantitative estimate of drug-likeness (QED) is 0.320. The van der Waals surface area contributed by atoms with Crippen LogP contribution in [0.3, 0.4) is 0 Å². The number of nitrogens with zero attached hydrogens (tertiary/aromatic N) is 2. The average Bonchev–Trinajstić information content (AvgIpc) is 3.66. The second-order valence-electron chi connectivity index (χ2n) is 9.41. The smallest absolute Gasteiger partial charge is 0.254 e. The van der Waals surface area contributed by atoms with Gasteiger partial charge in [-0.05, 0) is 60.1 Å². The highest BCUT2D eigenvalue weighted by Crippen LogP contribution is 2.52. The first-order valence-electron chi connectivity index (χ1n) is 12.0. The van der Waals surface area contributed by atoms with Crippen molar-refractivity contribution < 1.29 is 28.5 Å². The van der Waals surface area contributed by atoms with Gasteiger partial charge in [0.15, 0.2) is 23.0 Å². The van der Waals surface area contributed by atoms with E-state index in [1.807, 2.05) is 24.3 Å². The molecular weight excluding hydrogens is 460 g/mol. The van der Waals surface area contributed by atoms with E-state index < -0.39 is 0 Å². The maximum absolute atomic E-state index is 12.9. The molecule has 2 aliphatic heterocycles. The highest BCUT2D eigenvalue weighted by Gasteiger charge is 2.59. The molecule has 2 fully saturated rings. The van der Waals surface area contributed by atoms with Gasteiger partial charge in [0.05, 0.1) is 25.2 Å². The van der Waals surface area contributed by atoms with Gasteiger partial charge in [-0.3, -0.25) is 9.59 Å². The Morgan fingerprint density at radius 3 is 2.56 bits per heavy atom. The van der Waals surface area contributed by atoms with Crippen molar-refractivity contribution in [3.63, 3.8) is 0 Å². The standard InChI is InChI=1S/C28H26N2O6/c1-3-4-20-9-17(13-29-30-27(31)24-18-6-7-19(12-18)25(24)28(30)32)11-23(33-2)26(20)34-14-16-5-8-21-22(10-16)36-15-35-21/h3,5-11,13,18-19,24-25H,1,4,12,14-15H2,2H3/t18-,19-,24-,25+/m0/s1. The van der Waals surface area contributed by atoms with Crippen molar-refractivity contribution in [1.29, 1.82) is 0 Å². The summed E-state index contributed by atoms with van der Waals surface area (Å²) >= 11 is 0. The Bertz CT molecular complexity index is 1290. The van der Waals surface area contributed by atoms with Crippen LogP contribution in [-0.2, 0) is 22.6 Å². The summed E-state index contributed by atoms with van der Waals surface area (Å²) in [7, 11) is 1.57. The van der Waals surface area contributed by atoms with Crippen molar-refractivity contribution in [2.24, 2.45) is 28.8 Å². The fraction of sp³-hybridized carbons (Fsp3) is 0.321. The predicted octanol–water partition coefficient (Wildman–Crippen LogP) is 3.87. The average molecular weight is 487 g/mol. The van der Waals surface area contributed by atoms with E-state index >= 15 is 0 Å². The molecule has 6 rings (SSSR count). The van der Waals surface area contributed by atoms with Crippen molar-refractivity contribution in [3.05, 3.63) is 71.8 Å². The topological polar surface area (TPSA) is 86.7 Å². The Hall–Kier alpha value is -4.07. The number of hydrazone groups is 1. The molecule has 2 amide bonds. The molecule has 8 heteroatoms. The van der Waals surface area contributed by atoms with Crippen LogP contribution < -0.4 is 18.9 Å². The maximum Gasteiger partial charge on any atom is 0.254 e. The first-order valence-corrected chi connectivity index (χ1v) is 12.0. The van der Waals surface area contributed by atoms with Crippen LogP contribution in [0.25, 0.3) is 0 Å². The SMILES string of the molecule is C=CCc1cc(C=NN2C(=O)[C@@H]3[C@H](C2=O)[C@H]2C=C[C@H]3C2)cc(OC)c1OCc1ccc2c(c1)OCO2. The van der Waals surface area contributed by atoms with Gasteiger partial charge >= 0.3 is 0 Å².